The second-order valence-corrected chi connectivity index (χ2v) is 2.91. The van der Waals surface area contributed by atoms with E-state index in [1.807, 2.05) is 18.2 Å². The highest BCUT2D eigenvalue weighted by atomic mass is 16.3. The zero-order valence-electron chi connectivity index (χ0n) is 6.63. The van der Waals surface area contributed by atoms with Crippen LogP contribution in [-0.4, -0.2) is 9.97 Å². The molecule has 2 aromatic heterocycles. The zero-order valence-corrected chi connectivity index (χ0v) is 6.63. The molecule has 0 atom stereocenters. The van der Waals surface area contributed by atoms with E-state index in [-0.39, 0.29) is 5.69 Å². The van der Waals surface area contributed by atoms with Gasteiger partial charge in [0, 0.05) is 5.39 Å². The summed E-state index contributed by atoms with van der Waals surface area (Å²) in [5.74, 6) is 0. The predicted octanol–water partition coefficient (Wildman–Crippen LogP) is 1.60. The lowest BCUT2D eigenvalue weighted by molar-refractivity contribution is 0.618. The van der Waals surface area contributed by atoms with Gasteiger partial charge >= 0.3 is 5.69 Å². The fourth-order valence-corrected chi connectivity index (χ4v) is 1.53. The van der Waals surface area contributed by atoms with E-state index in [1.165, 1.54) is 0 Å². The molecule has 0 aliphatic heterocycles. The number of imidazole rings is 1. The molecule has 0 aliphatic carbocycles. The molecular weight excluding hydrogens is 168 g/mol. The van der Waals surface area contributed by atoms with Crippen LogP contribution >= 0.6 is 0 Å². The van der Waals surface area contributed by atoms with Crippen molar-refractivity contribution >= 4 is 22.0 Å². The summed E-state index contributed by atoms with van der Waals surface area (Å²) in [6, 6.07) is 5.62. The van der Waals surface area contributed by atoms with Crippen molar-refractivity contribution in [2.45, 2.75) is 0 Å². The third kappa shape index (κ3) is 0.767. The van der Waals surface area contributed by atoms with Gasteiger partial charge in [-0.2, -0.15) is 0 Å². The Morgan fingerprint density at radius 2 is 2.08 bits per heavy atom. The van der Waals surface area contributed by atoms with Crippen LogP contribution in [-0.2, 0) is 0 Å². The monoisotopic (exact) mass is 174 g/mol. The molecule has 0 bridgehead atoms. The number of furan rings is 1. The first-order valence-corrected chi connectivity index (χ1v) is 3.93. The first-order valence-electron chi connectivity index (χ1n) is 3.93. The smallest absolute Gasteiger partial charge is 0.323 e. The lowest BCUT2D eigenvalue weighted by Crippen LogP contribution is -1.99. The van der Waals surface area contributed by atoms with Crippen LogP contribution in [0.1, 0.15) is 0 Å². The van der Waals surface area contributed by atoms with Crippen molar-refractivity contribution in [3.8, 4) is 0 Å². The van der Waals surface area contributed by atoms with Gasteiger partial charge in [0.05, 0.1) is 11.8 Å². The summed E-state index contributed by atoms with van der Waals surface area (Å²) in [7, 11) is 0. The van der Waals surface area contributed by atoms with Gasteiger partial charge in [-0.05, 0) is 18.2 Å². The van der Waals surface area contributed by atoms with E-state index < -0.39 is 0 Å². The summed E-state index contributed by atoms with van der Waals surface area (Å²) in [5, 5.41) is 0.989. The molecule has 0 fully saturated rings. The van der Waals surface area contributed by atoms with Gasteiger partial charge in [-0.15, -0.1) is 0 Å². The predicted molar refractivity (Wildman–Crippen MR) is 48.7 cm³/mol. The Morgan fingerprint density at radius 3 is 3.00 bits per heavy atom. The van der Waals surface area contributed by atoms with Gasteiger partial charge in [0.2, 0.25) is 0 Å². The Labute approximate surface area is 72.2 Å². The Bertz CT molecular complexity index is 629. The molecule has 0 saturated carbocycles. The fourth-order valence-electron chi connectivity index (χ4n) is 1.53. The molecule has 4 nitrogen and oxygen atoms in total. The summed E-state index contributed by atoms with van der Waals surface area (Å²) in [4.78, 5) is 16.4. The van der Waals surface area contributed by atoms with E-state index in [4.69, 9.17) is 4.42 Å². The summed E-state index contributed by atoms with van der Waals surface area (Å²) in [6.07, 6.45) is 1.61. The SMILES string of the molecule is O=c1[nH]c2ccc3ccoc3c2[nH]1. The molecule has 2 heterocycles. The molecule has 13 heavy (non-hydrogen) atoms. The van der Waals surface area contributed by atoms with Gasteiger partial charge < -0.3 is 14.4 Å². The van der Waals surface area contributed by atoms with E-state index in [2.05, 4.69) is 9.97 Å². The summed E-state index contributed by atoms with van der Waals surface area (Å²) >= 11 is 0. The first-order chi connectivity index (χ1) is 6.34. The van der Waals surface area contributed by atoms with Crippen molar-refractivity contribution in [3.63, 3.8) is 0 Å². The number of hydrogen-bond acceptors (Lipinski definition) is 2. The van der Waals surface area contributed by atoms with E-state index in [9.17, 15) is 4.79 Å². The van der Waals surface area contributed by atoms with Crippen LogP contribution in [0.4, 0.5) is 0 Å². The van der Waals surface area contributed by atoms with Gasteiger partial charge in [-0.3, -0.25) is 0 Å². The average molecular weight is 174 g/mol. The van der Waals surface area contributed by atoms with E-state index in [1.54, 1.807) is 6.26 Å². The van der Waals surface area contributed by atoms with Crippen LogP contribution in [0.2, 0.25) is 0 Å². The molecule has 0 amide bonds. The lowest BCUT2D eigenvalue weighted by atomic mass is 10.2. The maximum Gasteiger partial charge on any atom is 0.323 e. The van der Waals surface area contributed by atoms with Gasteiger partial charge in [0.1, 0.15) is 5.52 Å². The number of aromatic nitrogens is 2. The van der Waals surface area contributed by atoms with Crippen molar-refractivity contribution in [2.75, 3.05) is 0 Å². The third-order valence-electron chi connectivity index (χ3n) is 2.11. The van der Waals surface area contributed by atoms with Crippen LogP contribution in [0.15, 0.2) is 33.7 Å². The lowest BCUT2D eigenvalue weighted by Gasteiger charge is -1.88. The molecule has 3 aromatic rings. The van der Waals surface area contributed by atoms with Crippen molar-refractivity contribution in [2.24, 2.45) is 0 Å². The molecular formula is C9H6N2O2. The Hall–Kier alpha value is -1.97. The first kappa shape index (κ1) is 6.54. The number of H-pyrrole nitrogens is 2. The minimum absolute atomic E-state index is 0.209. The summed E-state index contributed by atoms with van der Waals surface area (Å²) in [6.45, 7) is 0. The number of aromatic amines is 2. The van der Waals surface area contributed by atoms with Gasteiger partial charge in [0.25, 0.3) is 0 Å². The molecule has 0 unspecified atom stereocenters. The highest BCUT2D eigenvalue weighted by Crippen LogP contribution is 2.21. The molecule has 0 saturated heterocycles. The summed E-state index contributed by atoms with van der Waals surface area (Å²) < 4.78 is 5.25. The molecule has 3 rings (SSSR count). The van der Waals surface area contributed by atoms with E-state index in [0.29, 0.717) is 0 Å². The largest absolute Gasteiger partial charge is 0.462 e. The number of nitrogens with one attached hydrogen (secondary N) is 2. The fraction of sp³-hybridized carbons (Fsp3) is 0. The molecule has 0 spiro atoms. The standard InChI is InChI=1S/C9H6N2O2/c12-9-10-6-2-1-5-3-4-13-8(5)7(6)11-9/h1-4H,(H2,10,11,12). The number of rotatable bonds is 0. The molecule has 0 radical (unpaired) electrons. The normalized spacial score (nSPS) is 11.4. The third-order valence-corrected chi connectivity index (χ3v) is 2.11. The second-order valence-electron chi connectivity index (χ2n) is 2.91. The van der Waals surface area contributed by atoms with Crippen molar-refractivity contribution < 1.29 is 4.42 Å². The Kier molecular flexibility index (Phi) is 1.02. The van der Waals surface area contributed by atoms with Gasteiger partial charge in [-0.1, -0.05) is 0 Å². The van der Waals surface area contributed by atoms with Crippen molar-refractivity contribution in [1.29, 1.82) is 0 Å². The topological polar surface area (TPSA) is 61.8 Å². The van der Waals surface area contributed by atoms with Crippen molar-refractivity contribution in [1.82, 2.24) is 9.97 Å². The van der Waals surface area contributed by atoms with Crippen LogP contribution in [0.25, 0.3) is 22.0 Å². The average Bonchev–Trinajstić information content (AvgIpc) is 2.65. The molecule has 2 N–H and O–H groups in total. The second kappa shape index (κ2) is 2.04. The quantitative estimate of drug-likeness (QED) is 0.543. The molecule has 4 heteroatoms. The molecule has 64 valence electrons. The Balaban J connectivity index is 2.71. The number of benzene rings is 1. The van der Waals surface area contributed by atoms with Crippen LogP contribution < -0.4 is 5.69 Å². The van der Waals surface area contributed by atoms with Crippen molar-refractivity contribution in [3.05, 3.63) is 34.9 Å². The van der Waals surface area contributed by atoms with E-state index in [0.717, 1.165) is 22.0 Å². The zero-order chi connectivity index (χ0) is 8.84. The number of fused-ring (bicyclic) bond motifs is 3. The minimum Gasteiger partial charge on any atom is -0.462 e. The molecule has 0 aliphatic rings. The van der Waals surface area contributed by atoms with Crippen LogP contribution in [0.3, 0.4) is 0 Å². The number of hydrogen-bond donors (Lipinski definition) is 2. The summed E-state index contributed by atoms with van der Waals surface area (Å²) in [5.41, 5.74) is 2.01. The highest BCUT2D eigenvalue weighted by Gasteiger charge is 2.05. The maximum atomic E-state index is 11.0. The van der Waals surface area contributed by atoms with Crippen LogP contribution in [0, 0.1) is 0 Å². The van der Waals surface area contributed by atoms with E-state index >= 15 is 0 Å². The molecule has 1 aromatic carbocycles. The van der Waals surface area contributed by atoms with Gasteiger partial charge in [0.15, 0.2) is 5.58 Å². The maximum absolute atomic E-state index is 11.0. The minimum atomic E-state index is -0.209. The van der Waals surface area contributed by atoms with Crippen LogP contribution in [0.5, 0.6) is 0 Å². The van der Waals surface area contributed by atoms with Gasteiger partial charge in [-0.25, -0.2) is 4.79 Å². The Morgan fingerprint density at radius 1 is 1.15 bits per heavy atom. The highest BCUT2D eigenvalue weighted by molar-refractivity contribution is 6.00.